The maximum atomic E-state index is 11.2. The lowest BCUT2D eigenvalue weighted by Crippen LogP contribution is -2.00. The van der Waals surface area contributed by atoms with Crippen LogP contribution in [-0.4, -0.2) is 10.8 Å². The van der Waals surface area contributed by atoms with Gasteiger partial charge in [-0.3, -0.25) is 9.78 Å². The molecule has 0 amide bonds. The SMILES string of the molecule is C#CCC(=O)c1ncccc1Cl. The lowest BCUT2D eigenvalue weighted by molar-refractivity contribution is 0.0993. The second kappa shape index (κ2) is 3.89. The molecule has 2 nitrogen and oxygen atoms in total. The summed E-state index contributed by atoms with van der Waals surface area (Å²) in [6, 6.07) is 3.27. The zero-order valence-corrected chi connectivity index (χ0v) is 7.01. The second-order valence-electron chi connectivity index (χ2n) is 2.14. The van der Waals surface area contributed by atoms with Gasteiger partial charge in [0.2, 0.25) is 0 Å². The van der Waals surface area contributed by atoms with Gasteiger partial charge in [-0.2, -0.15) is 0 Å². The molecule has 0 bridgehead atoms. The van der Waals surface area contributed by atoms with E-state index in [2.05, 4.69) is 10.9 Å². The molecule has 0 spiro atoms. The van der Waals surface area contributed by atoms with Crippen LogP contribution in [0.5, 0.6) is 0 Å². The molecular formula is C9H6ClNO. The van der Waals surface area contributed by atoms with Gasteiger partial charge in [-0.05, 0) is 12.1 Å². The second-order valence-corrected chi connectivity index (χ2v) is 2.55. The first-order chi connectivity index (χ1) is 5.75. The van der Waals surface area contributed by atoms with E-state index in [1.807, 2.05) is 0 Å². The molecule has 1 rings (SSSR count). The number of rotatable bonds is 2. The van der Waals surface area contributed by atoms with E-state index < -0.39 is 0 Å². The van der Waals surface area contributed by atoms with Crippen molar-refractivity contribution < 1.29 is 4.79 Å². The van der Waals surface area contributed by atoms with Crippen LogP contribution in [0, 0.1) is 12.3 Å². The van der Waals surface area contributed by atoms with Crippen molar-refractivity contribution in [3.8, 4) is 12.3 Å². The molecule has 0 aromatic carbocycles. The highest BCUT2D eigenvalue weighted by atomic mass is 35.5. The largest absolute Gasteiger partial charge is 0.291 e. The van der Waals surface area contributed by atoms with Gasteiger partial charge in [0.25, 0.3) is 0 Å². The quantitative estimate of drug-likeness (QED) is 0.513. The normalized spacial score (nSPS) is 9.00. The number of hydrogen-bond donors (Lipinski definition) is 0. The Balaban J connectivity index is 2.97. The molecule has 0 N–H and O–H groups in total. The number of pyridine rings is 1. The summed E-state index contributed by atoms with van der Waals surface area (Å²) in [5, 5.41) is 0.345. The monoisotopic (exact) mass is 179 g/mol. The van der Waals surface area contributed by atoms with Crippen molar-refractivity contribution in [3.63, 3.8) is 0 Å². The average molecular weight is 180 g/mol. The molecule has 12 heavy (non-hydrogen) atoms. The summed E-state index contributed by atoms with van der Waals surface area (Å²) in [5.41, 5.74) is 0.247. The van der Waals surface area contributed by atoms with Crippen LogP contribution in [0.3, 0.4) is 0 Å². The van der Waals surface area contributed by atoms with Crippen molar-refractivity contribution in [3.05, 3.63) is 29.0 Å². The van der Waals surface area contributed by atoms with Gasteiger partial charge in [0, 0.05) is 6.20 Å². The summed E-state index contributed by atoms with van der Waals surface area (Å²) in [6.45, 7) is 0. The number of carbonyl (C=O) groups is 1. The minimum atomic E-state index is -0.219. The summed E-state index contributed by atoms with van der Waals surface area (Å²) < 4.78 is 0. The maximum absolute atomic E-state index is 11.2. The van der Waals surface area contributed by atoms with E-state index in [-0.39, 0.29) is 17.9 Å². The predicted octanol–water partition coefficient (Wildman–Crippen LogP) is 1.94. The minimum absolute atomic E-state index is 0.0384. The third-order valence-corrected chi connectivity index (χ3v) is 1.59. The number of terminal acetylenes is 1. The fraction of sp³-hybridized carbons (Fsp3) is 0.111. The number of Topliss-reactive ketones (excluding diaryl/α,β-unsaturated/α-hetero) is 1. The first kappa shape index (κ1) is 8.76. The number of aromatic nitrogens is 1. The van der Waals surface area contributed by atoms with Crippen LogP contribution in [0.4, 0.5) is 0 Å². The van der Waals surface area contributed by atoms with Gasteiger partial charge in [0.15, 0.2) is 5.78 Å². The van der Waals surface area contributed by atoms with Gasteiger partial charge in [-0.1, -0.05) is 17.5 Å². The van der Waals surface area contributed by atoms with E-state index in [9.17, 15) is 4.79 Å². The summed E-state index contributed by atoms with van der Waals surface area (Å²) in [6.07, 6.45) is 6.52. The number of nitrogens with zero attached hydrogens (tertiary/aromatic N) is 1. The molecule has 0 atom stereocenters. The van der Waals surface area contributed by atoms with E-state index in [4.69, 9.17) is 18.0 Å². The molecule has 0 unspecified atom stereocenters. The molecule has 1 aromatic heterocycles. The molecule has 0 saturated carbocycles. The van der Waals surface area contributed by atoms with E-state index >= 15 is 0 Å². The molecule has 0 saturated heterocycles. The maximum Gasteiger partial charge on any atom is 0.194 e. The van der Waals surface area contributed by atoms with Crippen molar-refractivity contribution in [1.82, 2.24) is 4.98 Å². The molecule has 60 valence electrons. The molecule has 0 aliphatic carbocycles. The predicted molar refractivity (Wildman–Crippen MR) is 47.0 cm³/mol. The zero-order chi connectivity index (χ0) is 8.97. The molecule has 0 radical (unpaired) electrons. The standard InChI is InChI=1S/C9H6ClNO/c1-2-4-8(12)9-7(10)5-3-6-11-9/h1,3,5-6H,4H2. The van der Waals surface area contributed by atoms with Crippen molar-refractivity contribution in [2.45, 2.75) is 6.42 Å². The summed E-state index contributed by atoms with van der Waals surface area (Å²) in [4.78, 5) is 15.0. The zero-order valence-electron chi connectivity index (χ0n) is 6.25. The van der Waals surface area contributed by atoms with Crippen LogP contribution >= 0.6 is 11.6 Å². The van der Waals surface area contributed by atoms with Crippen molar-refractivity contribution in [1.29, 1.82) is 0 Å². The van der Waals surface area contributed by atoms with Gasteiger partial charge < -0.3 is 0 Å². The van der Waals surface area contributed by atoms with Crippen molar-refractivity contribution in [2.75, 3.05) is 0 Å². The topological polar surface area (TPSA) is 30.0 Å². The smallest absolute Gasteiger partial charge is 0.194 e. The van der Waals surface area contributed by atoms with Crippen LogP contribution in [0.25, 0.3) is 0 Å². The van der Waals surface area contributed by atoms with E-state index in [1.165, 1.54) is 6.20 Å². The number of halogens is 1. The Labute approximate surface area is 75.6 Å². The van der Waals surface area contributed by atoms with Gasteiger partial charge in [-0.15, -0.1) is 6.42 Å². The van der Waals surface area contributed by atoms with E-state index in [0.717, 1.165) is 0 Å². The van der Waals surface area contributed by atoms with E-state index in [0.29, 0.717) is 5.02 Å². The first-order valence-electron chi connectivity index (χ1n) is 3.33. The molecular weight excluding hydrogens is 174 g/mol. The molecule has 1 aromatic rings. The highest BCUT2D eigenvalue weighted by Gasteiger charge is 2.08. The molecule has 3 heteroatoms. The Morgan fingerprint density at radius 2 is 2.50 bits per heavy atom. The molecule has 0 aliphatic heterocycles. The van der Waals surface area contributed by atoms with Crippen molar-refractivity contribution >= 4 is 17.4 Å². The first-order valence-corrected chi connectivity index (χ1v) is 3.70. The third kappa shape index (κ3) is 1.84. The number of hydrogen-bond acceptors (Lipinski definition) is 2. The molecule has 1 heterocycles. The Bertz CT molecular complexity index is 341. The van der Waals surface area contributed by atoms with Gasteiger partial charge in [-0.25, -0.2) is 0 Å². The summed E-state index contributed by atoms with van der Waals surface area (Å²) in [5.74, 6) is 2.03. The molecule has 0 aliphatic rings. The van der Waals surface area contributed by atoms with Crippen LogP contribution < -0.4 is 0 Å². The Morgan fingerprint density at radius 1 is 1.75 bits per heavy atom. The summed E-state index contributed by atoms with van der Waals surface area (Å²) in [7, 11) is 0. The number of ketones is 1. The fourth-order valence-electron chi connectivity index (χ4n) is 0.767. The van der Waals surface area contributed by atoms with Gasteiger partial charge in [0.1, 0.15) is 5.69 Å². The van der Waals surface area contributed by atoms with Gasteiger partial charge >= 0.3 is 0 Å². The van der Waals surface area contributed by atoms with Crippen LogP contribution in [0.2, 0.25) is 5.02 Å². The summed E-state index contributed by atoms with van der Waals surface area (Å²) >= 11 is 5.70. The lowest BCUT2D eigenvalue weighted by atomic mass is 10.2. The van der Waals surface area contributed by atoms with Crippen LogP contribution in [0.15, 0.2) is 18.3 Å². The fourth-order valence-corrected chi connectivity index (χ4v) is 0.994. The highest BCUT2D eigenvalue weighted by molar-refractivity contribution is 6.33. The Hall–Kier alpha value is -1.33. The highest BCUT2D eigenvalue weighted by Crippen LogP contribution is 2.13. The van der Waals surface area contributed by atoms with Gasteiger partial charge in [0.05, 0.1) is 11.4 Å². The van der Waals surface area contributed by atoms with Crippen LogP contribution in [-0.2, 0) is 0 Å². The van der Waals surface area contributed by atoms with Crippen molar-refractivity contribution in [2.24, 2.45) is 0 Å². The third-order valence-electron chi connectivity index (χ3n) is 1.29. The minimum Gasteiger partial charge on any atom is -0.291 e. The Kier molecular flexibility index (Phi) is 2.84. The van der Waals surface area contributed by atoms with E-state index in [1.54, 1.807) is 12.1 Å². The van der Waals surface area contributed by atoms with Crippen LogP contribution in [0.1, 0.15) is 16.9 Å². The Morgan fingerprint density at radius 3 is 3.08 bits per heavy atom. The average Bonchev–Trinajstić information content (AvgIpc) is 2.05. The lowest BCUT2D eigenvalue weighted by Gasteiger charge is -1.97. The number of carbonyl (C=O) groups excluding carboxylic acids is 1. The molecule has 0 fully saturated rings.